The van der Waals surface area contributed by atoms with Gasteiger partial charge in [-0.2, -0.15) is 0 Å². The van der Waals surface area contributed by atoms with Crippen molar-refractivity contribution in [3.8, 4) is 0 Å². The van der Waals surface area contributed by atoms with Gasteiger partial charge in [-0.25, -0.2) is 4.98 Å². The second-order valence-electron chi connectivity index (χ2n) is 3.10. The summed E-state index contributed by atoms with van der Waals surface area (Å²) in [6.07, 6.45) is 1.98. The minimum Gasteiger partial charge on any atom is -0.340 e. The average Bonchev–Trinajstić information content (AvgIpc) is 2.21. The molecule has 1 saturated heterocycles. The first-order chi connectivity index (χ1) is 5.97. The molecule has 0 saturated carbocycles. The Kier molecular flexibility index (Phi) is 2.23. The monoisotopic (exact) mass is 165 g/mol. The number of aromatic nitrogens is 1. The van der Waals surface area contributed by atoms with Crippen LogP contribution in [0.1, 0.15) is 0 Å². The molecule has 0 unspecified atom stereocenters. The van der Waals surface area contributed by atoms with E-state index in [9.17, 15) is 0 Å². The second kappa shape index (κ2) is 3.54. The first-order valence-corrected chi connectivity index (χ1v) is 4.50. The molecule has 0 radical (unpaired) electrons. The van der Waals surface area contributed by atoms with Crippen LogP contribution >= 0.6 is 0 Å². The Labute approximate surface area is 72.4 Å². The van der Waals surface area contributed by atoms with E-state index in [0.29, 0.717) is 0 Å². The molecule has 3 heteroatoms. The van der Waals surface area contributed by atoms with Crippen LogP contribution in [0.5, 0.6) is 0 Å². The Balaban J connectivity index is 2.08. The van der Waals surface area contributed by atoms with Crippen LogP contribution in [0.2, 0.25) is 0 Å². The van der Waals surface area contributed by atoms with Crippen molar-refractivity contribution in [2.24, 2.45) is 0 Å². The van der Waals surface area contributed by atoms with Crippen LogP contribution in [0, 0.1) is 0 Å². The molecule has 0 aliphatic carbocycles. The van der Waals surface area contributed by atoms with E-state index in [0.717, 1.165) is 13.1 Å². The lowest BCUT2D eigenvalue weighted by Gasteiger charge is -2.19. The summed E-state index contributed by atoms with van der Waals surface area (Å²) < 4.78 is 0. The second-order valence-corrected chi connectivity index (χ2v) is 3.10. The van der Waals surface area contributed by atoms with Gasteiger partial charge < -0.3 is 5.32 Å². The topological polar surface area (TPSA) is 34.0 Å². The molecule has 1 aromatic heterocycles. The van der Waals surface area contributed by atoms with Gasteiger partial charge in [0.2, 0.25) is 0 Å². The summed E-state index contributed by atoms with van der Waals surface area (Å²) in [4.78, 5) is 5.64. The molecule has 2 heterocycles. The number of H-pyrrole nitrogens is 1. The van der Waals surface area contributed by atoms with Gasteiger partial charge >= 0.3 is 0 Å². The van der Waals surface area contributed by atoms with Crippen LogP contribution in [-0.4, -0.2) is 26.2 Å². The fourth-order valence-electron chi connectivity index (χ4n) is 1.57. The van der Waals surface area contributed by atoms with Crippen molar-refractivity contribution >= 4 is 5.82 Å². The van der Waals surface area contributed by atoms with Gasteiger partial charge in [-0.3, -0.25) is 4.90 Å². The van der Waals surface area contributed by atoms with E-state index in [4.69, 9.17) is 0 Å². The number of hydrogen-bond donors (Lipinski definition) is 1. The number of rotatable bonds is 1. The Morgan fingerprint density at radius 3 is 2.75 bits per heavy atom. The number of nitrogens with one attached hydrogen (secondary N) is 1. The molecule has 0 atom stereocenters. The molecule has 0 amide bonds. The smallest absolute Gasteiger partial charge is 0.274 e. The molecule has 3 nitrogen and oxygen atoms in total. The number of pyridine rings is 1. The molecular formula is C9H15N3+2. The van der Waals surface area contributed by atoms with Crippen molar-refractivity contribution in [2.75, 3.05) is 31.1 Å². The molecular weight excluding hydrogens is 150 g/mol. The molecule has 1 aliphatic rings. The highest BCUT2D eigenvalue weighted by atomic mass is 15.2. The van der Waals surface area contributed by atoms with Crippen molar-refractivity contribution in [3.05, 3.63) is 24.4 Å². The van der Waals surface area contributed by atoms with Gasteiger partial charge in [0.1, 0.15) is 26.2 Å². The van der Waals surface area contributed by atoms with E-state index in [-0.39, 0.29) is 0 Å². The predicted octanol–water partition coefficient (Wildman–Crippen LogP) is -1.12. The number of piperazine rings is 1. The normalized spacial score (nSPS) is 17.8. The third-order valence-electron chi connectivity index (χ3n) is 2.24. The van der Waals surface area contributed by atoms with E-state index in [1.807, 2.05) is 12.3 Å². The van der Waals surface area contributed by atoms with Crippen LogP contribution in [-0.2, 0) is 0 Å². The standard InChI is InChI=1S/C9H13N3/c1-2-4-11-9(3-1)12-7-5-10-6-8-12/h1-4,10H,5-8H2/p+2. The lowest BCUT2D eigenvalue weighted by molar-refractivity contribution is -0.656. The molecule has 12 heavy (non-hydrogen) atoms. The van der Waals surface area contributed by atoms with Crippen LogP contribution in [0.15, 0.2) is 24.4 Å². The minimum absolute atomic E-state index is 1.15. The number of nitrogens with two attached hydrogens (primary N) is 1. The van der Waals surface area contributed by atoms with E-state index in [1.54, 1.807) is 0 Å². The summed E-state index contributed by atoms with van der Waals surface area (Å²) in [5.74, 6) is 1.24. The molecule has 3 N–H and O–H groups in total. The van der Waals surface area contributed by atoms with Gasteiger partial charge in [-0.15, -0.1) is 0 Å². The predicted molar refractivity (Wildman–Crippen MR) is 46.9 cm³/mol. The Morgan fingerprint density at radius 1 is 1.25 bits per heavy atom. The third kappa shape index (κ3) is 1.56. The largest absolute Gasteiger partial charge is 0.340 e. The molecule has 1 fully saturated rings. The summed E-state index contributed by atoms with van der Waals surface area (Å²) in [7, 11) is 0. The Hall–Kier alpha value is -1.09. The minimum atomic E-state index is 1.15. The summed E-state index contributed by atoms with van der Waals surface area (Å²) in [5.41, 5.74) is 0. The summed E-state index contributed by atoms with van der Waals surface area (Å²) >= 11 is 0. The third-order valence-corrected chi connectivity index (χ3v) is 2.24. The first kappa shape index (κ1) is 7.55. The van der Waals surface area contributed by atoms with Gasteiger partial charge in [0, 0.05) is 6.07 Å². The quantitative estimate of drug-likeness (QED) is 0.562. The summed E-state index contributed by atoms with van der Waals surface area (Å²) in [6.45, 7) is 4.73. The van der Waals surface area contributed by atoms with E-state index < -0.39 is 0 Å². The fraction of sp³-hybridized carbons (Fsp3) is 0.444. The van der Waals surface area contributed by atoms with Crippen molar-refractivity contribution in [2.45, 2.75) is 0 Å². The Morgan fingerprint density at radius 2 is 2.08 bits per heavy atom. The summed E-state index contributed by atoms with van der Waals surface area (Å²) in [6, 6.07) is 6.22. The molecule has 2 rings (SSSR count). The maximum absolute atomic E-state index is 3.25. The van der Waals surface area contributed by atoms with Crippen molar-refractivity contribution in [3.63, 3.8) is 0 Å². The maximum atomic E-state index is 3.25. The van der Waals surface area contributed by atoms with E-state index in [1.165, 1.54) is 18.9 Å². The molecule has 64 valence electrons. The highest BCUT2D eigenvalue weighted by molar-refractivity contribution is 5.31. The van der Waals surface area contributed by atoms with Crippen LogP contribution < -0.4 is 15.2 Å². The van der Waals surface area contributed by atoms with Crippen molar-refractivity contribution < 1.29 is 10.3 Å². The zero-order valence-electron chi connectivity index (χ0n) is 7.16. The lowest BCUT2D eigenvalue weighted by Crippen LogP contribution is -2.90. The van der Waals surface area contributed by atoms with Crippen LogP contribution in [0.25, 0.3) is 0 Å². The van der Waals surface area contributed by atoms with E-state index in [2.05, 4.69) is 27.3 Å². The van der Waals surface area contributed by atoms with Gasteiger partial charge in [0.05, 0.1) is 6.20 Å². The highest BCUT2D eigenvalue weighted by Gasteiger charge is 2.19. The van der Waals surface area contributed by atoms with Crippen LogP contribution in [0.4, 0.5) is 5.82 Å². The molecule has 0 aromatic carbocycles. The number of nitrogens with zero attached hydrogens (tertiary/aromatic N) is 1. The lowest BCUT2D eigenvalue weighted by atomic mass is 10.3. The van der Waals surface area contributed by atoms with Gasteiger partial charge in [-0.05, 0) is 6.07 Å². The number of quaternary nitrogens is 1. The average molecular weight is 165 g/mol. The number of hydrogen-bond acceptors (Lipinski definition) is 1. The Bertz CT molecular complexity index is 229. The maximum Gasteiger partial charge on any atom is 0.274 e. The summed E-state index contributed by atoms with van der Waals surface area (Å²) in [5, 5.41) is 2.36. The van der Waals surface area contributed by atoms with Gasteiger partial charge in [0.15, 0.2) is 0 Å². The highest BCUT2D eigenvalue weighted by Crippen LogP contribution is 2.03. The van der Waals surface area contributed by atoms with Crippen molar-refractivity contribution in [1.29, 1.82) is 0 Å². The molecule has 1 aliphatic heterocycles. The van der Waals surface area contributed by atoms with Crippen molar-refractivity contribution in [1.82, 2.24) is 0 Å². The molecule has 0 bridgehead atoms. The molecule has 1 aromatic rings. The fourth-order valence-corrected chi connectivity index (χ4v) is 1.57. The SMILES string of the molecule is c1ccc(N2CC[NH2+]CC2)[nH+]c1. The number of aromatic amines is 1. The van der Waals surface area contributed by atoms with Gasteiger partial charge in [-0.1, -0.05) is 6.07 Å². The van der Waals surface area contributed by atoms with E-state index >= 15 is 0 Å². The zero-order chi connectivity index (χ0) is 8.23. The number of anilines is 1. The molecule has 0 spiro atoms. The first-order valence-electron chi connectivity index (χ1n) is 4.50. The van der Waals surface area contributed by atoms with Gasteiger partial charge in [0.25, 0.3) is 5.82 Å². The van der Waals surface area contributed by atoms with Crippen LogP contribution in [0.3, 0.4) is 0 Å². The zero-order valence-corrected chi connectivity index (χ0v) is 7.16.